The van der Waals surface area contributed by atoms with Crippen LogP contribution in [0, 0.1) is 0 Å². The number of aromatic nitrogens is 2. The van der Waals surface area contributed by atoms with Crippen molar-refractivity contribution >= 4 is 11.8 Å². The zero-order valence-electron chi connectivity index (χ0n) is 12.2. The monoisotopic (exact) mass is 263 g/mol. The number of nitrogen functional groups attached to an aromatic ring is 1. The molecule has 1 saturated heterocycles. The van der Waals surface area contributed by atoms with Crippen LogP contribution in [0.4, 0.5) is 11.8 Å². The van der Waals surface area contributed by atoms with Crippen molar-refractivity contribution in [3.63, 3.8) is 0 Å². The van der Waals surface area contributed by atoms with Gasteiger partial charge >= 0.3 is 0 Å². The lowest BCUT2D eigenvalue weighted by Crippen LogP contribution is -2.67. The van der Waals surface area contributed by atoms with Gasteiger partial charge in [0.15, 0.2) is 0 Å². The summed E-state index contributed by atoms with van der Waals surface area (Å²) in [5, 5.41) is 3.33. The van der Waals surface area contributed by atoms with Crippen molar-refractivity contribution in [2.24, 2.45) is 0 Å². The third-order valence-corrected chi connectivity index (χ3v) is 3.83. The Morgan fingerprint density at radius 1 is 1.37 bits per heavy atom. The van der Waals surface area contributed by atoms with Crippen LogP contribution in [0.1, 0.15) is 38.8 Å². The van der Waals surface area contributed by atoms with Gasteiger partial charge in [-0.15, -0.1) is 0 Å². The quantitative estimate of drug-likeness (QED) is 0.763. The molecule has 0 atom stereocenters. The molecule has 19 heavy (non-hydrogen) atoms. The summed E-state index contributed by atoms with van der Waals surface area (Å²) in [6.45, 7) is 6.36. The van der Waals surface area contributed by atoms with Gasteiger partial charge in [-0.2, -0.15) is 4.98 Å². The van der Waals surface area contributed by atoms with Gasteiger partial charge in [-0.25, -0.2) is 4.98 Å². The summed E-state index contributed by atoms with van der Waals surface area (Å²) in [4.78, 5) is 10.9. The number of nitrogens with two attached hydrogens (primary N) is 1. The summed E-state index contributed by atoms with van der Waals surface area (Å²) in [7, 11) is 2.00. The Balaban J connectivity index is 2.01. The lowest BCUT2D eigenvalue weighted by atomic mass is 9.92. The molecule has 0 radical (unpaired) electrons. The van der Waals surface area contributed by atoms with Crippen molar-refractivity contribution in [2.45, 2.75) is 45.1 Å². The van der Waals surface area contributed by atoms with Crippen LogP contribution < -0.4 is 16.0 Å². The fraction of sp³-hybridized carbons (Fsp3) is 0.714. The predicted molar refractivity (Wildman–Crippen MR) is 79.4 cm³/mol. The summed E-state index contributed by atoms with van der Waals surface area (Å²) in [6.07, 6.45) is 4.62. The van der Waals surface area contributed by atoms with Crippen molar-refractivity contribution in [2.75, 3.05) is 30.8 Å². The zero-order valence-corrected chi connectivity index (χ0v) is 12.2. The lowest BCUT2D eigenvalue weighted by Gasteiger charge is -2.48. The molecule has 2 heterocycles. The minimum atomic E-state index is 0.197. The van der Waals surface area contributed by atoms with Crippen LogP contribution in [0.2, 0.25) is 0 Å². The smallest absolute Gasteiger partial charge is 0.222 e. The van der Waals surface area contributed by atoms with E-state index in [0.717, 1.165) is 31.0 Å². The number of aryl methyl sites for hydroxylation is 1. The first-order valence-corrected chi connectivity index (χ1v) is 7.13. The summed E-state index contributed by atoms with van der Waals surface area (Å²) in [5.74, 6) is 1.36. The third kappa shape index (κ3) is 3.35. The van der Waals surface area contributed by atoms with Crippen LogP contribution in [0.15, 0.2) is 6.07 Å². The second-order valence-corrected chi connectivity index (χ2v) is 5.70. The number of nitrogens with zero attached hydrogens (tertiary/aromatic N) is 3. The summed E-state index contributed by atoms with van der Waals surface area (Å²) < 4.78 is 0. The highest BCUT2D eigenvalue weighted by Crippen LogP contribution is 2.26. The van der Waals surface area contributed by atoms with Gasteiger partial charge in [-0.05, 0) is 26.8 Å². The number of hydrogen-bond acceptors (Lipinski definition) is 5. The average Bonchev–Trinajstić information content (AvgIpc) is 2.34. The van der Waals surface area contributed by atoms with E-state index in [1.165, 1.54) is 19.3 Å². The van der Waals surface area contributed by atoms with Crippen LogP contribution in [0.5, 0.6) is 0 Å². The Kier molecular flexibility index (Phi) is 4.24. The second-order valence-electron chi connectivity index (χ2n) is 5.70. The van der Waals surface area contributed by atoms with Gasteiger partial charge in [0.1, 0.15) is 5.82 Å². The fourth-order valence-electron chi connectivity index (χ4n) is 2.47. The maximum Gasteiger partial charge on any atom is 0.222 e. The van der Waals surface area contributed by atoms with E-state index in [1.807, 2.05) is 7.05 Å². The average molecular weight is 263 g/mol. The van der Waals surface area contributed by atoms with E-state index in [9.17, 15) is 0 Å². The maximum atomic E-state index is 5.82. The molecule has 1 aromatic heterocycles. The van der Waals surface area contributed by atoms with E-state index < -0.39 is 0 Å². The van der Waals surface area contributed by atoms with Crippen LogP contribution in [-0.2, 0) is 6.42 Å². The van der Waals surface area contributed by atoms with Crippen LogP contribution in [-0.4, -0.2) is 35.6 Å². The topological polar surface area (TPSA) is 67.1 Å². The molecule has 0 aliphatic carbocycles. The lowest BCUT2D eigenvalue weighted by molar-refractivity contribution is 0.301. The molecule has 5 nitrogen and oxygen atoms in total. The molecule has 0 amide bonds. The zero-order chi connectivity index (χ0) is 13.9. The number of nitrogens with one attached hydrogen (secondary N) is 1. The van der Waals surface area contributed by atoms with Gasteiger partial charge in [-0.3, -0.25) is 0 Å². The molecule has 1 fully saturated rings. The standard InChI is InChI=1S/C14H25N5/c1-4-5-6-7-11-8-12(18-13(15)17-11)19-9-14(2,10-19)16-3/h8,16H,4-7,9-10H2,1-3H3,(H2,15,17,18). The fourth-order valence-corrected chi connectivity index (χ4v) is 2.47. The molecule has 0 unspecified atom stereocenters. The molecule has 5 heteroatoms. The Hall–Kier alpha value is -1.36. The first-order chi connectivity index (χ1) is 9.06. The van der Waals surface area contributed by atoms with E-state index in [4.69, 9.17) is 5.73 Å². The van der Waals surface area contributed by atoms with Crippen LogP contribution in [0.25, 0.3) is 0 Å². The molecule has 0 saturated carbocycles. The molecule has 0 aromatic carbocycles. The maximum absolute atomic E-state index is 5.82. The van der Waals surface area contributed by atoms with Crippen LogP contribution in [0.3, 0.4) is 0 Å². The van der Waals surface area contributed by atoms with Gasteiger partial charge in [-0.1, -0.05) is 19.8 Å². The Morgan fingerprint density at radius 2 is 2.11 bits per heavy atom. The summed E-state index contributed by atoms with van der Waals surface area (Å²) >= 11 is 0. The van der Waals surface area contributed by atoms with Gasteiger partial charge in [0.25, 0.3) is 0 Å². The highest BCUT2D eigenvalue weighted by Gasteiger charge is 2.38. The first-order valence-electron chi connectivity index (χ1n) is 7.13. The normalized spacial score (nSPS) is 17.3. The SMILES string of the molecule is CCCCCc1cc(N2CC(C)(NC)C2)nc(N)n1. The number of likely N-dealkylation sites (N-methyl/N-ethyl adjacent to an activating group) is 1. The Labute approximate surface area is 115 Å². The summed E-state index contributed by atoms with van der Waals surface area (Å²) in [5.41, 5.74) is 7.08. The van der Waals surface area contributed by atoms with E-state index in [-0.39, 0.29) is 5.54 Å². The van der Waals surface area contributed by atoms with Crippen molar-refractivity contribution in [1.82, 2.24) is 15.3 Å². The number of anilines is 2. The Morgan fingerprint density at radius 3 is 2.74 bits per heavy atom. The number of rotatable bonds is 6. The van der Waals surface area contributed by atoms with Gasteiger partial charge in [0, 0.05) is 24.8 Å². The number of hydrogen-bond donors (Lipinski definition) is 2. The molecule has 1 aromatic rings. The van der Waals surface area contributed by atoms with Gasteiger partial charge < -0.3 is 16.0 Å². The van der Waals surface area contributed by atoms with E-state index in [2.05, 4.69) is 40.1 Å². The molecule has 1 aliphatic heterocycles. The molecular weight excluding hydrogens is 238 g/mol. The van der Waals surface area contributed by atoms with Crippen molar-refractivity contribution < 1.29 is 0 Å². The molecule has 106 valence electrons. The van der Waals surface area contributed by atoms with Crippen molar-refractivity contribution in [1.29, 1.82) is 0 Å². The van der Waals surface area contributed by atoms with E-state index >= 15 is 0 Å². The highest BCUT2D eigenvalue weighted by atomic mass is 15.3. The second kappa shape index (κ2) is 5.74. The largest absolute Gasteiger partial charge is 0.368 e. The Bertz CT molecular complexity index is 426. The van der Waals surface area contributed by atoms with Crippen molar-refractivity contribution in [3.8, 4) is 0 Å². The molecule has 0 spiro atoms. The first kappa shape index (κ1) is 14.1. The highest BCUT2D eigenvalue weighted by molar-refractivity contribution is 5.48. The minimum Gasteiger partial charge on any atom is -0.368 e. The summed E-state index contributed by atoms with van der Waals surface area (Å²) in [6, 6.07) is 2.08. The number of unbranched alkanes of at least 4 members (excludes halogenated alkanes) is 2. The van der Waals surface area contributed by atoms with Crippen LogP contribution >= 0.6 is 0 Å². The molecular formula is C14H25N5. The van der Waals surface area contributed by atoms with E-state index in [0.29, 0.717) is 5.95 Å². The third-order valence-electron chi connectivity index (χ3n) is 3.83. The molecule has 1 aliphatic rings. The molecule has 2 rings (SSSR count). The van der Waals surface area contributed by atoms with E-state index in [1.54, 1.807) is 0 Å². The van der Waals surface area contributed by atoms with Gasteiger partial charge in [0.05, 0.1) is 5.54 Å². The van der Waals surface area contributed by atoms with Gasteiger partial charge in [0.2, 0.25) is 5.95 Å². The molecule has 3 N–H and O–H groups in total. The predicted octanol–water partition coefficient (Wildman–Crippen LogP) is 1.59. The van der Waals surface area contributed by atoms with Crippen molar-refractivity contribution in [3.05, 3.63) is 11.8 Å². The minimum absolute atomic E-state index is 0.197. The molecule has 0 bridgehead atoms.